The Morgan fingerprint density at radius 3 is 2.90 bits per heavy atom. The zero-order valence-electron chi connectivity index (χ0n) is 16.7. The minimum atomic E-state index is -0.756. The number of aromatic nitrogens is 5. The maximum atomic E-state index is 13.5. The molecule has 1 saturated heterocycles. The standard InChI is InChI=1S/C22H22FN7/c1-15-8-22(29-7-5-17(23)13-29)25-11-16(15)10-24-20-9-18(27-14-28-20)19-12-26-21-4-2-3-6-30(19)21/h2-4,6,8-9,11-12,14,17H,5,7,10,13H2,1H3,(H,24,27,28)/t17-/m1/s1. The Bertz CT molecular complexity index is 1190. The van der Waals surface area contributed by atoms with Crippen molar-refractivity contribution in [3.63, 3.8) is 0 Å². The molecule has 4 aromatic rings. The molecule has 0 unspecified atom stereocenters. The maximum absolute atomic E-state index is 13.5. The van der Waals surface area contributed by atoms with Gasteiger partial charge in [0.25, 0.3) is 0 Å². The Morgan fingerprint density at radius 2 is 2.07 bits per heavy atom. The monoisotopic (exact) mass is 403 g/mol. The smallest absolute Gasteiger partial charge is 0.137 e. The van der Waals surface area contributed by atoms with E-state index in [0.717, 1.165) is 46.3 Å². The lowest BCUT2D eigenvalue weighted by molar-refractivity contribution is 0.364. The number of imidazole rings is 1. The van der Waals surface area contributed by atoms with Gasteiger partial charge in [0.2, 0.25) is 0 Å². The van der Waals surface area contributed by atoms with Crippen LogP contribution in [0.4, 0.5) is 16.0 Å². The molecule has 5 rings (SSSR count). The summed E-state index contributed by atoms with van der Waals surface area (Å²) in [6.07, 6.45) is 7.01. The van der Waals surface area contributed by atoms with Gasteiger partial charge in [0.05, 0.1) is 24.1 Å². The van der Waals surface area contributed by atoms with Crippen molar-refractivity contribution in [1.29, 1.82) is 0 Å². The fraction of sp³-hybridized carbons (Fsp3) is 0.273. The second kappa shape index (κ2) is 7.70. The molecule has 4 aromatic heterocycles. The highest BCUT2D eigenvalue weighted by Crippen LogP contribution is 2.23. The van der Waals surface area contributed by atoms with Crippen LogP contribution in [-0.2, 0) is 6.54 Å². The van der Waals surface area contributed by atoms with E-state index < -0.39 is 6.17 Å². The minimum Gasteiger partial charge on any atom is -0.366 e. The molecule has 5 heterocycles. The summed E-state index contributed by atoms with van der Waals surface area (Å²) in [5, 5.41) is 3.35. The van der Waals surface area contributed by atoms with E-state index in [2.05, 4.69) is 32.2 Å². The predicted octanol–water partition coefficient (Wildman–Crippen LogP) is 3.66. The largest absolute Gasteiger partial charge is 0.366 e. The summed E-state index contributed by atoms with van der Waals surface area (Å²) in [4.78, 5) is 19.7. The number of hydrogen-bond acceptors (Lipinski definition) is 6. The highest BCUT2D eigenvalue weighted by atomic mass is 19.1. The van der Waals surface area contributed by atoms with Crippen molar-refractivity contribution in [2.45, 2.75) is 26.1 Å². The summed E-state index contributed by atoms with van der Waals surface area (Å²) in [6, 6.07) is 9.82. The average molecular weight is 403 g/mol. The molecule has 1 fully saturated rings. The zero-order chi connectivity index (χ0) is 20.5. The highest BCUT2D eigenvalue weighted by Gasteiger charge is 2.23. The second-order valence-electron chi connectivity index (χ2n) is 7.52. The van der Waals surface area contributed by atoms with E-state index in [0.29, 0.717) is 19.5 Å². The van der Waals surface area contributed by atoms with E-state index in [1.807, 2.05) is 58.2 Å². The van der Waals surface area contributed by atoms with Crippen LogP contribution in [0.5, 0.6) is 0 Å². The summed E-state index contributed by atoms with van der Waals surface area (Å²) >= 11 is 0. The fourth-order valence-electron chi connectivity index (χ4n) is 3.76. The predicted molar refractivity (Wildman–Crippen MR) is 114 cm³/mol. The molecule has 0 aromatic carbocycles. The van der Waals surface area contributed by atoms with Crippen LogP contribution in [0.25, 0.3) is 17.0 Å². The molecule has 1 atom stereocenters. The quantitative estimate of drug-likeness (QED) is 0.548. The van der Waals surface area contributed by atoms with E-state index in [1.165, 1.54) is 0 Å². The van der Waals surface area contributed by atoms with Gasteiger partial charge in [-0.05, 0) is 42.7 Å². The number of anilines is 2. The number of hydrogen-bond donors (Lipinski definition) is 1. The van der Waals surface area contributed by atoms with Gasteiger partial charge in [-0.3, -0.25) is 4.40 Å². The summed E-state index contributed by atoms with van der Waals surface area (Å²) in [5.74, 6) is 1.57. The molecule has 0 spiro atoms. The van der Waals surface area contributed by atoms with Crippen molar-refractivity contribution in [1.82, 2.24) is 24.3 Å². The fourth-order valence-corrected chi connectivity index (χ4v) is 3.76. The van der Waals surface area contributed by atoms with Gasteiger partial charge in [-0.15, -0.1) is 0 Å². The lowest BCUT2D eigenvalue weighted by Crippen LogP contribution is -2.21. The summed E-state index contributed by atoms with van der Waals surface area (Å²) in [7, 11) is 0. The van der Waals surface area contributed by atoms with Gasteiger partial charge in [0.1, 0.15) is 29.8 Å². The van der Waals surface area contributed by atoms with Crippen LogP contribution in [0.15, 0.2) is 55.2 Å². The van der Waals surface area contributed by atoms with Gasteiger partial charge in [-0.1, -0.05) is 6.07 Å². The number of nitrogens with one attached hydrogen (secondary N) is 1. The number of rotatable bonds is 5. The average Bonchev–Trinajstić information content (AvgIpc) is 3.39. The molecular formula is C22H22FN7. The van der Waals surface area contributed by atoms with Gasteiger partial charge < -0.3 is 10.2 Å². The third-order valence-electron chi connectivity index (χ3n) is 5.47. The van der Waals surface area contributed by atoms with Gasteiger partial charge in [0, 0.05) is 31.5 Å². The van der Waals surface area contributed by atoms with Gasteiger partial charge in [0.15, 0.2) is 0 Å². The lowest BCUT2D eigenvalue weighted by atomic mass is 10.1. The molecule has 1 N–H and O–H groups in total. The first-order chi connectivity index (χ1) is 14.7. The molecule has 1 aliphatic rings. The van der Waals surface area contributed by atoms with Crippen molar-refractivity contribution in [2.75, 3.05) is 23.3 Å². The maximum Gasteiger partial charge on any atom is 0.137 e. The molecule has 0 saturated carbocycles. The van der Waals surface area contributed by atoms with E-state index >= 15 is 0 Å². The first-order valence-corrected chi connectivity index (χ1v) is 10.0. The van der Waals surface area contributed by atoms with Crippen LogP contribution in [0.2, 0.25) is 0 Å². The highest BCUT2D eigenvalue weighted by molar-refractivity contribution is 5.62. The van der Waals surface area contributed by atoms with Crippen LogP contribution in [0.3, 0.4) is 0 Å². The Balaban J connectivity index is 1.32. The Hall–Kier alpha value is -3.55. The number of alkyl halides is 1. The number of halogens is 1. The summed E-state index contributed by atoms with van der Waals surface area (Å²) in [6.45, 7) is 3.79. The molecule has 0 bridgehead atoms. The topological polar surface area (TPSA) is 71.2 Å². The molecule has 152 valence electrons. The van der Waals surface area contributed by atoms with E-state index in [4.69, 9.17) is 0 Å². The Labute approximate surface area is 173 Å². The van der Waals surface area contributed by atoms with E-state index in [1.54, 1.807) is 6.33 Å². The molecule has 0 aliphatic carbocycles. The molecule has 0 radical (unpaired) electrons. The normalized spacial score (nSPS) is 16.3. The van der Waals surface area contributed by atoms with Crippen molar-refractivity contribution < 1.29 is 4.39 Å². The molecule has 1 aliphatic heterocycles. The van der Waals surface area contributed by atoms with Crippen LogP contribution < -0.4 is 10.2 Å². The number of nitrogens with zero attached hydrogens (tertiary/aromatic N) is 6. The third kappa shape index (κ3) is 3.56. The van der Waals surface area contributed by atoms with E-state index in [-0.39, 0.29) is 0 Å². The van der Waals surface area contributed by atoms with Crippen molar-refractivity contribution in [3.05, 3.63) is 66.4 Å². The van der Waals surface area contributed by atoms with Crippen molar-refractivity contribution >= 4 is 17.3 Å². The number of aryl methyl sites for hydroxylation is 1. The van der Waals surface area contributed by atoms with Crippen LogP contribution >= 0.6 is 0 Å². The minimum absolute atomic E-state index is 0.428. The Morgan fingerprint density at radius 1 is 1.13 bits per heavy atom. The van der Waals surface area contributed by atoms with Crippen molar-refractivity contribution in [2.24, 2.45) is 0 Å². The first kappa shape index (κ1) is 18.5. The molecule has 8 heteroatoms. The third-order valence-corrected chi connectivity index (χ3v) is 5.47. The van der Waals surface area contributed by atoms with Crippen LogP contribution in [0, 0.1) is 6.92 Å². The summed E-state index contributed by atoms with van der Waals surface area (Å²) < 4.78 is 15.5. The molecule has 0 amide bonds. The van der Waals surface area contributed by atoms with Crippen LogP contribution in [0.1, 0.15) is 17.5 Å². The van der Waals surface area contributed by atoms with Gasteiger partial charge >= 0.3 is 0 Å². The molecule has 30 heavy (non-hydrogen) atoms. The Kier molecular flexibility index (Phi) is 4.74. The second-order valence-corrected chi connectivity index (χ2v) is 7.52. The zero-order valence-corrected chi connectivity index (χ0v) is 16.7. The number of fused-ring (bicyclic) bond motifs is 1. The first-order valence-electron chi connectivity index (χ1n) is 10.0. The SMILES string of the molecule is Cc1cc(N2CC[C@@H](F)C2)ncc1CNc1cc(-c2cnc3ccccn23)ncn1. The van der Waals surface area contributed by atoms with Gasteiger partial charge in [-0.2, -0.15) is 0 Å². The molecule has 7 nitrogen and oxygen atoms in total. The lowest BCUT2D eigenvalue weighted by Gasteiger charge is -2.18. The summed E-state index contributed by atoms with van der Waals surface area (Å²) in [5.41, 5.74) is 4.77. The van der Waals surface area contributed by atoms with Crippen molar-refractivity contribution in [3.8, 4) is 11.4 Å². The molecular weight excluding hydrogens is 381 g/mol. The van der Waals surface area contributed by atoms with E-state index in [9.17, 15) is 4.39 Å². The van der Waals surface area contributed by atoms with Crippen LogP contribution in [-0.4, -0.2) is 43.6 Å². The van der Waals surface area contributed by atoms with Gasteiger partial charge in [-0.25, -0.2) is 24.3 Å². The number of pyridine rings is 2.